The highest BCUT2D eigenvalue weighted by atomic mass is 32.3. The molecule has 0 aromatic rings. The number of hydrogen-bond donors (Lipinski definition) is 4. The fourth-order valence-corrected chi connectivity index (χ4v) is 2.08. The van der Waals surface area contributed by atoms with E-state index < -0.39 is 46.6 Å². The number of nitrogens with one attached hydrogen (secondary N) is 1. The van der Waals surface area contributed by atoms with Crippen LogP contribution in [-0.4, -0.2) is 60.9 Å². The van der Waals surface area contributed by atoms with E-state index in [1.165, 1.54) is 0 Å². The number of hydrogen-bond acceptors (Lipinski definition) is 9. The lowest BCUT2D eigenvalue weighted by Crippen LogP contribution is -2.46. The second kappa shape index (κ2) is 6.56. The molecule has 1 rings (SSSR count). The summed E-state index contributed by atoms with van der Waals surface area (Å²) in [6.07, 6.45) is -2.02. The zero-order valence-corrected chi connectivity index (χ0v) is 11.4. The van der Waals surface area contributed by atoms with Gasteiger partial charge >= 0.3 is 22.3 Å². The highest BCUT2D eigenvalue weighted by Crippen LogP contribution is 2.09. The first-order valence-corrected chi connectivity index (χ1v) is 7.05. The van der Waals surface area contributed by atoms with Gasteiger partial charge in [-0.25, -0.2) is 13.8 Å². The smallest absolute Gasteiger partial charge is 0.392 e. The fraction of sp³-hybridized carbons (Fsp3) is 0.778. The molecule has 0 aromatic carbocycles. The molecule has 1 aliphatic rings. The number of aliphatic hydroxyl groups excluding tert-OH is 1. The molecule has 1 fully saturated rings. The van der Waals surface area contributed by atoms with Crippen LogP contribution in [0, 0.1) is 0 Å². The van der Waals surface area contributed by atoms with Gasteiger partial charge < -0.3 is 20.9 Å². The molecule has 1 aliphatic heterocycles. The van der Waals surface area contributed by atoms with Crippen molar-refractivity contribution in [1.29, 1.82) is 0 Å². The van der Waals surface area contributed by atoms with Crippen LogP contribution in [-0.2, 0) is 28.9 Å². The maximum absolute atomic E-state index is 11.5. The van der Waals surface area contributed by atoms with Crippen molar-refractivity contribution in [2.75, 3.05) is 6.54 Å². The van der Waals surface area contributed by atoms with E-state index in [9.17, 15) is 23.1 Å². The van der Waals surface area contributed by atoms with Crippen LogP contribution in [0.3, 0.4) is 0 Å². The van der Waals surface area contributed by atoms with Crippen molar-refractivity contribution < 1.29 is 36.6 Å². The molecule has 4 atom stereocenters. The van der Waals surface area contributed by atoms with Crippen LogP contribution in [0.15, 0.2) is 0 Å². The summed E-state index contributed by atoms with van der Waals surface area (Å²) in [5.41, 5.74) is 5.35. The molecule has 0 amide bonds. The maximum Gasteiger partial charge on any atom is 0.397 e. The van der Waals surface area contributed by atoms with E-state index in [-0.39, 0.29) is 13.0 Å². The average Bonchev–Trinajstić information content (AvgIpc) is 2.72. The summed E-state index contributed by atoms with van der Waals surface area (Å²) in [4.78, 5) is 23.0. The zero-order valence-electron chi connectivity index (χ0n) is 10.6. The Labute approximate surface area is 115 Å². The normalized spacial score (nSPS) is 26.0. The number of rotatable bonds is 5. The summed E-state index contributed by atoms with van der Waals surface area (Å²) < 4.78 is 37.9. The highest BCUT2D eigenvalue weighted by Gasteiger charge is 2.34. The number of aliphatic hydroxyl groups is 1. The molecule has 0 aromatic heterocycles. The number of β-amino-alcohol motifs (C(OH)–C–C–N with tert-alkyl or cyclic N) is 1. The molecule has 20 heavy (non-hydrogen) atoms. The molecule has 0 spiro atoms. The molecule has 1 heterocycles. The van der Waals surface area contributed by atoms with E-state index in [4.69, 9.17) is 10.3 Å². The SMILES string of the molecule is C[C@H](OS(=O)(=O)O)[C@H](N)C(=O)OC(=O)[C@@H]1CC(O)CN1. The van der Waals surface area contributed by atoms with Gasteiger partial charge in [0.15, 0.2) is 0 Å². The van der Waals surface area contributed by atoms with Gasteiger partial charge in [-0.1, -0.05) is 0 Å². The fourth-order valence-electron chi connectivity index (χ4n) is 1.58. The Hall–Kier alpha value is -1.11. The number of esters is 2. The van der Waals surface area contributed by atoms with Gasteiger partial charge in [-0.2, -0.15) is 8.42 Å². The van der Waals surface area contributed by atoms with Crippen LogP contribution < -0.4 is 11.1 Å². The van der Waals surface area contributed by atoms with Gasteiger partial charge in [-0.3, -0.25) is 4.55 Å². The van der Waals surface area contributed by atoms with Crippen LogP contribution in [0.2, 0.25) is 0 Å². The Balaban J connectivity index is 2.51. The van der Waals surface area contributed by atoms with Crippen LogP contribution in [0.25, 0.3) is 0 Å². The predicted octanol–water partition coefficient (Wildman–Crippen LogP) is -2.69. The van der Waals surface area contributed by atoms with Crippen LogP contribution >= 0.6 is 0 Å². The minimum atomic E-state index is -4.77. The molecule has 10 nitrogen and oxygen atoms in total. The summed E-state index contributed by atoms with van der Waals surface area (Å²) in [5, 5.41) is 11.8. The standard InChI is InChI=1S/C9H16N2O8S/c1-4(19-20(15,16)17)7(10)9(14)18-8(13)6-2-5(12)3-11-6/h4-7,11-12H,2-3,10H2,1H3,(H,15,16,17)/t4-,5?,6-,7-/m0/s1. The molecular weight excluding hydrogens is 296 g/mol. The molecule has 1 saturated heterocycles. The maximum atomic E-state index is 11.5. The first-order chi connectivity index (χ1) is 9.10. The Morgan fingerprint density at radius 1 is 1.45 bits per heavy atom. The van der Waals surface area contributed by atoms with E-state index >= 15 is 0 Å². The summed E-state index contributed by atoms with van der Waals surface area (Å²) in [5.74, 6) is -2.13. The Kier molecular flexibility index (Phi) is 5.56. The van der Waals surface area contributed by atoms with E-state index in [0.717, 1.165) is 6.92 Å². The first-order valence-electron chi connectivity index (χ1n) is 5.68. The second-order valence-electron chi connectivity index (χ2n) is 4.35. The van der Waals surface area contributed by atoms with Gasteiger partial charge in [-0.05, 0) is 6.92 Å². The van der Waals surface area contributed by atoms with Crippen LogP contribution in [0.4, 0.5) is 0 Å². The quantitative estimate of drug-likeness (QED) is 0.238. The van der Waals surface area contributed by atoms with Gasteiger partial charge in [0, 0.05) is 13.0 Å². The topological polar surface area (TPSA) is 165 Å². The third-order valence-corrected chi connectivity index (χ3v) is 3.19. The third-order valence-electron chi connectivity index (χ3n) is 2.64. The van der Waals surface area contributed by atoms with Crippen molar-refractivity contribution in [1.82, 2.24) is 5.32 Å². The summed E-state index contributed by atoms with van der Waals surface area (Å²) >= 11 is 0. The van der Waals surface area contributed by atoms with Gasteiger partial charge in [0.05, 0.1) is 6.10 Å². The largest absolute Gasteiger partial charge is 0.397 e. The van der Waals surface area contributed by atoms with Crippen molar-refractivity contribution in [3.63, 3.8) is 0 Å². The summed E-state index contributed by atoms with van der Waals surface area (Å²) in [7, 11) is -4.77. The van der Waals surface area contributed by atoms with E-state index in [1.807, 2.05) is 0 Å². The molecule has 0 aliphatic carbocycles. The number of carbonyl (C=O) groups is 2. The number of carbonyl (C=O) groups excluding carboxylic acids is 2. The molecule has 0 bridgehead atoms. The zero-order chi connectivity index (χ0) is 15.5. The molecule has 116 valence electrons. The van der Waals surface area contributed by atoms with E-state index in [1.54, 1.807) is 0 Å². The van der Waals surface area contributed by atoms with Gasteiger partial charge in [0.2, 0.25) is 0 Å². The third kappa shape index (κ3) is 5.11. The van der Waals surface area contributed by atoms with Crippen molar-refractivity contribution in [2.45, 2.75) is 37.6 Å². The lowest BCUT2D eigenvalue weighted by Gasteiger charge is -2.17. The van der Waals surface area contributed by atoms with Crippen molar-refractivity contribution >= 4 is 22.3 Å². The van der Waals surface area contributed by atoms with Crippen molar-refractivity contribution in [2.24, 2.45) is 5.73 Å². The molecule has 0 saturated carbocycles. The minimum Gasteiger partial charge on any atom is -0.392 e. The molecular formula is C9H16N2O8S. The Morgan fingerprint density at radius 2 is 2.05 bits per heavy atom. The van der Waals surface area contributed by atoms with Gasteiger partial charge in [0.1, 0.15) is 18.2 Å². The molecule has 11 heteroatoms. The van der Waals surface area contributed by atoms with Crippen molar-refractivity contribution in [3.05, 3.63) is 0 Å². The van der Waals surface area contributed by atoms with Crippen LogP contribution in [0.1, 0.15) is 13.3 Å². The highest BCUT2D eigenvalue weighted by molar-refractivity contribution is 7.80. The number of ether oxygens (including phenoxy) is 1. The second-order valence-corrected chi connectivity index (χ2v) is 5.39. The Morgan fingerprint density at radius 3 is 2.50 bits per heavy atom. The molecule has 0 radical (unpaired) electrons. The molecule has 1 unspecified atom stereocenters. The number of nitrogens with two attached hydrogens (primary N) is 1. The van der Waals surface area contributed by atoms with Crippen molar-refractivity contribution in [3.8, 4) is 0 Å². The monoisotopic (exact) mass is 312 g/mol. The minimum absolute atomic E-state index is 0.0957. The lowest BCUT2D eigenvalue weighted by molar-refractivity contribution is -0.163. The molecule has 5 N–H and O–H groups in total. The first kappa shape index (κ1) is 16.9. The summed E-state index contributed by atoms with van der Waals surface area (Å²) in [6.45, 7) is 1.31. The summed E-state index contributed by atoms with van der Waals surface area (Å²) in [6, 6.07) is -2.41. The average molecular weight is 312 g/mol. The van der Waals surface area contributed by atoms with Gasteiger partial charge in [0.25, 0.3) is 0 Å². The van der Waals surface area contributed by atoms with E-state index in [0.29, 0.717) is 0 Å². The lowest BCUT2D eigenvalue weighted by atomic mass is 10.2. The van der Waals surface area contributed by atoms with Crippen LogP contribution in [0.5, 0.6) is 0 Å². The van der Waals surface area contributed by atoms with E-state index in [2.05, 4.69) is 14.2 Å². The Bertz CT molecular complexity index is 478. The predicted molar refractivity (Wildman–Crippen MR) is 63.6 cm³/mol. The van der Waals surface area contributed by atoms with Gasteiger partial charge in [-0.15, -0.1) is 0 Å².